The summed E-state index contributed by atoms with van der Waals surface area (Å²) >= 11 is 0. The van der Waals surface area contributed by atoms with Gasteiger partial charge < -0.3 is 0 Å². The van der Waals surface area contributed by atoms with Gasteiger partial charge in [0.15, 0.2) is 11.6 Å². The maximum Gasteiger partial charge on any atom is 0.162 e. The molecule has 1 aromatic carbocycles. The fourth-order valence-electron chi connectivity index (χ4n) is 3.25. The van der Waals surface area contributed by atoms with Crippen molar-refractivity contribution in [2.45, 2.75) is 57.8 Å². The van der Waals surface area contributed by atoms with Crippen LogP contribution in [0.15, 0.2) is 18.2 Å². The quantitative estimate of drug-likeness (QED) is 0.692. The minimum Gasteiger partial charge on any atom is -0.204 e. The highest BCUT2D eigenvalue weighted by Crippen LogP contribution is 2.43. The van der Waals surface area contributed by atoms with Gasteiger partial charge in [0.1, 0.15) is 0 Å². The monoisotopic (exact) mass is 252 g/mol. The van der Waals surface area contributed by atoms with Gasteiger partial charge in [-0.15, -0.1) is 0 Å². The van der Waals surface area contributed by atoms with E-state index in [2.05, 4.69) is 13.8 Å². The van der Waals surface area contributed by atoms with Gasteiger partial charge in [0, 0.05) is 0 Å². The molecule has 0 spiro atoms. The Balaban J connectivity index is 2.16. The van der Waals surface area contributed by atoms with Gasteiger partial charge in [0.2, 0.25) is 0 Å². The summed E-state index contributed by atoms with van der Waals surface area (Å²) in [5.41, 5.74) is 0.383. The molecular weight excluding hydrogens is 230 g/mol. The lowest BCUT2D eigenvalue weighted by molar-refractivity contribution is 0.231. The van der Waals surface area contributed by atoms with Crippen molar-refractivity contribution in [1.82, 2.24) is 0 Å². The van der Waals surface area contributed by atoms with E-state index in [1.165, 1.54) is 18.9 Å². The van der Waals surface area contributed by atoms with Crippen molar-refractivity contribution >= 4 is 0 Å². The van der Waals surface area contributed by atoms with Gasteiger partial charge >= 0.3 is 0 Å². The molecule has 0 N–H and O–H groups in total. The van der Waals surface area contributed by atoms with Crippen LogP contribution in [0.1, 0.15) is 57.9 Å². The fraction of sp³-hybridized carbons (Fsp3) is 0.625. The van der Waals surface area contributed by atoms with E-state index in [0.29, 0.717) is 5.56 Å². The molecule has 0 amide bonds. The number of rotatable bonds is 3. The van der Waals surface area contributed by atoms with Crippen LogP contribution in [-0.4, -0.2) is 0 Å². The van der Waals surface area contributed by atoms with Gasteiger partial charge in [-0.1, -0.05) is 38.8 Å². The Morgan fingerprint density at radius 2 is 1.89 bits per heavy atom. The Hall–Kier alpha value is -0.920. The lowest BCUT2D eigenvalue weighted by Gasteiger charge is -2.38. The Bertz CT molecular complexity index is 404. The zero-order valence-corrected chi connectivity index (χ0v) is 11.3. The van der Waals surface area contributed by atoms with Crippen molar-refractivity contribution in [3.63, 3.8) is 0 Å². The van der Waals surface area contributed by atoms with Crippen molar-refractivity contribution in [2.24, 2.45) is 5.92 Å². The number of hydrogen-bond acceptors (Lipinski definition) is 0. The van der Waals surface area contributed by atoms with Gasteiger partial charge in [-0.25, -0.2) is 8.78 Å². The van der Waals surface area contributed by atoms with Crippen LogP contribution in [0.4, 0.5) is 8.78 Å². The molecular formula is C16H22F2. The van der Waals surface area contributed by atoms with Crippen LogP contribution in [0.5, 0.6) is 0 Å². The Labute approximate surface area is 108 Å². The summed E-state index contributed by atoms with van der Waals surface area (Å²) in [6, 6.07) is 4.57. The predicted octanol–water partition coefficient (Wildman–Crippen LogP) is 5.21. The van der Waals surface area contributed by atoms with Crippen molar-refractivity contribution < 1.29 is 8.78 Å². The lowest BCUT2D eigenvalue weighted by Crippen LogP contribution is -2.30. The van der Waals surface area contributed by atoms with Gasteiger partial charge in [0.25, 0.3) is 0 Å². The molecule has 100 valence electrons. The maximum absolute atomic E-state index is 13.9. The van der Waals surface area contributed by atoms with E-state index in [1.54, 1.807) is 12.1 Å². The van der Waals surface area contributed by atoms with Crippen LogP contribution in [0.25, 0.3) is 0 Å². The number of halogens is 2. The first-order valence-corrected chi connectivity index (χ1v) is 7.01. The van der Waals surface area contributed by atoms with Crippen LogP contribution >= 0.6 is 0 Å². The van der Waals surface area contributed by atoms with Crippen molar-refractivity contribution in [1.29, 1.82) is 0 Å². The first kappa shape index (κ1) is 13.5. The van der Waals surface area contributed by atoms with E-state index in [4.69, 9.17) is 0 Å². The summed E-state index contributed by atoms with van der Waals surface area (Å²) in [5.74, 6) is -0.585. The molecule has 18 heavy (non-hydrogen) atoms. The molecule has 0 nitrogen and oxygen atoms in total. The summed E-state index contributed by atoms with van der Waals surface area (Å²) in [7, 11) is 0. The highest BCUT2D eigenvalue weighted by Gasteiger charge is 2.34. The summed E-state index contributed by atoms with van der Waals surface area (Å²) < 4.78 is 27.2. The molecule has 0 heterocycles. The van der Waals surface area contributed by atoms with Crippen molar-refractivity contribution in [3.05, 3.63) is 35.4 Å². The van der Waals surface area contributed by atoms with Crippen molar-refractivity contribution in [3.8, 4) is 0 Å². The third-order valence-corrected chi connectivity index (χ3v) is 4.51. The first-order chi connectivity index (χ1) is 8.57. The molecule has 1 fully saturated rings. The van der Waals surface area contributed by atoms with Gasteiger partial charge in [-0.3, -0.25) is 0 Å². The van der Waals surface area contributed by atoms with E-state index < -0.39 is 11.6 Å². The molecule has 0 unspecified atom stereocenters. The molecule has 0 aliphatic heterocycles. The zero-order chi connectivity index (χ0) is 13.2. The lowest BCUT2D eigenvalue weighted by atomic mass is 9.67. The second kappa shape index (κ2) is 5.38. The number of hydrogen-bond donors (Lipinski definition) is 0. The standard InChI is InChI=1S/C16H22F2/c1-3-5-12-8-10-16(2,11-9-12)13-6-4-7-14(17)15(13)18/h4,6-7,12H,3,5,8-11H2,1-2H3. The summed E-state index contributed by atoms with van der Waals surface area (Å²) in [4.78, 5) is 0. The van der Waals surface area contributed by atoms with E-state index in [0.717, 1.165) is 31.6 Å². The molecule has 0 bridgehead atoms. The normalized spacial score (nSPS) is 28.3. The largest absolute Gasteiger partial charge is 0.204 e. The van der Waals surface area contributed by atoms with E-state index in [1.807, 2.05) is 0 Å². The molecule has 1 aromatic rings. The second-order valence-corrected chi connectivity index (χ2v) is 5.89. The molecule has 2 rings (SSSR count). The van der Waals surface area contributed by atoms with E-state index in [-0.39, 0.29) is 5.41 Å². The van der Waals surface area contributed by atoms with Gasteiger partial charge in [-0.05, 0) is 48.6 Å². The number of benzene rings is 1. The molecule has 0 saturated heterocycles. The van der Waals surface area contributed by atoms with Crippen molar-refractivity contribution in [2.75, 3.05) is 0 Å². The SMILES string of the molecule is CCCC1CCC(C)(c2cccc(F)c2F)CC1. The molecule has 2 heteroatoms. The Kier molecular flexibility index (Phi) is 4.04. The molecule has 0 atom stereocenters. The second-order valence-electron chi connectivity index (χ2n) is 5.89. The highest BCUT2D eigenvalue weighted by molar-refractivity contribution is 5.27. The molecule has 1 aliphatic carbocycles. The first-order valence-electron chi connectivity index (χ1n) is 7.01. The average Bonchev–Trinajstić information content (AvgIpc) is 2.36. The van der Waals surface area contributed by atoms with Crippen LogP contribution < -0.4 is 0 Å². The van der Waals surface area contributed by atoms with E-state index >= 15 is 0 Å². The van der Waals surface area contributed by atoms with Crippen LogP contribution in [0.2, 0.25) is 0 Å². The summed E-state index contributed by atoms with van der Waals surface area (Å²) in [6.07, 6.45) is 6.70. The smallest absolute Gasteiger partial charge is 0.162 e. The van der Waals surface area contributed by atoms with Gasteiger partial charge in [0.05, 0.1) is 0 Å². The Morgan fingerprint density at radius 3 is 2.50 bits per heavy atom. The molecule has 1 saturated carbocycles. The topological polar surface area (TPSA) is 0 Å². The summed E-state index contributed by atoms with van der Waals surface area (Å²) in [5, 5.41) is 0. The van der Waals surface area contributed by atoms with Crippen LogP contribution in [0, 0.1) is 17.6 Å². The average molecular weight is 252 g/mol. The fourth-order valence-corrected chi connectivity index (χ4v) is 3.25. The molecule has 0 aromatic heterocycles. The minimum atomic E-state index is -0.718. The zero-order valence-electron chi connectivity index (χ0n) is 11.3. The van der Waals surface area contributed by atoms with Gasteiger partial charge in [-0.2, -0.15) is 0 Å². The van der Waals surface area contributed by atoms with E-state index in [9.17, 15) is 8.78 Å². The molecule has 0 radical (unpaired) electrons. The van der Waals surface area contributed by atoms with Crippen LogP contribution in [-0.2, 0) is 5.41 Å². The third-order valence-electron chi connectivity index (χ3n) is 4.51. The maximum atomic E-state index is 13.9. The molecule has 1 aliphatic rings. The predicted molar refractivity (Wildman–Crippen MR) is 70.6 cm³/mol. The minimum absolute atomic E-state index is 0.184. The highest BCUT2D eigenvalue weighted by atomic mass is 19.2. The van der Waals surface area contributed by atoms with Crippen LogP contribution in [0.3, 0.4) is 0 Å². The third kappa shape index (κ3) is 2.57. The summed E-state index contributed by atoms with van der Waals surface area (Å²) in [6.45, 7) is 4.28. The Morgan fingerprint density at radius 1 is 1.22 bits per heavy atom.